The van der Waals surface area contributed by atoms with E-state index in [9.17, 15) is 4.79 Å². The Hall–Kier alpha value is -4.19. The second kappa shape index (κ2) is 8.87. The lowest BCUT2D eigenvalue weighted by atomic mass is 10.1. The van der Waals surface area contributed by atoms with Gasteiger partial charge in [0.05, 0.1) is 18.2 Å². The van der Waals surface area contributed by atoms with Gasteiger partial charge in [-0.15, -0.1) is 0 Å². The number of hydrogen-bond acceptors (Lipinski definition) is 5. The minimum Gasteiger partial charge on any atom is -0.496 e. The molecular formula is C24H19N3O3. The van der Waals surface area contributed by atoms with E-state index in [0.29, 0.717) is 28.6 Å². The number of amides is 1. The van der Waals surface area contributed by atoms with Crippen LogP contribution in [0.1, 0.15) is 10.4 Å². The highest BCUT2D eigenvalue weighted by Crippen LogP contribution is 2.31. The van der Waals surface area contributed by atoms with E-state index in [-0.39, 0.29) is 5.91 Å². The third kappa shape index (κ3) is 4.28. The summed E-state index contributed by atoms with van der Waals surface area (Å²) in [5.74, 6) is 1.33. The fraction of sp³-hybridized carbons (Fsp3) is 0.0417. The Morgan fingerprint density at radius 3 is 2.40 bits per heavy atom. The Bertz CT molecular complexity index is 1150. The lowest BCUT2D eigenvalue weighted by Gasteiger charge is -2.11. The molecular weight excluding hydrogens is 378 g/mol. The lowest BCUT2D eigenvalue weighted by Crippen LogP contribution is -2.12. The summed E-state index contributed by atoms with van der Waals surface area (Å²) in [5, 5.41) is 2.86. The summed E-state index contributed by atoms with van der Waals surface area (Å²) in [6, 6.07) is 24.0. The van der Waals surface area contributed by atoms with Gasteiger partial charge < -0.3 is 14.8 Å². The predicted octanol–water partition coefficient (Wildman–Crippen LogP) is 5.20. The van der Waals surface area contributed by atoms with Crippen LogP contribution in [0.4, 0.5) is 5.69 Å². The van der Waals surface area contributed by atoms with Crippen LogP contribution in [0.2, 0.25) is 0 Å². The largest absolute Gasteiger partial charge is 0.496 e. The molecule has 0 atom stereocenters. The fourth-order valence-corrected chi connectivity index (χ4v) is 2.96. The van der Waals surface area contributed by atoms with Crippen molar-refractivity contribution in [1.29, 1.82) is 0 Å². The van der Waals surface area contributed by atoms with Gasteiger partial charge in [0.15, 0.2) is 0 Å². The molecule has 0 saturated carbocycles. The Morgan fingerprint density at radius 2 is 1.63 bits per heavy atom. The summed E-state index contributed by atoms with van der Waals surface area (Å²) in [6.07, 6.45) is 3.17. The second-order valence-electron chi connectivity index (χ2n) is 6.39. The quantitative estimate of drug-likeness (QED) is 0.484. The van der Waals surface area contributed by atoms with Crippen molar-refractivity contribution in [1.82, 2.24) is 9.97 Å². The number of methoxy groups -OCH3 is 1. The van der Waals surface area contributed by atoms with Crippen molar-refractivity contribution in [2.45, 2.75) is 0 Å². The number of aromatic nitrogens is 2. The number of carbonyl (C=O) groups excluding carboxylic acids is 1. The highest BCUT2D eigenvalue weighted by atomic mass is 16.5. The van der Waals surface area contributed by atoms with Crippen LogP contribution in [0.15, 0.2) is 91.4 Å². The summed E-state index contributed by atoms with van der Waals surface area (Å²) >= 11 is 0. The standard InChI is InChI=1S/C24H19N3O3/c1-29-22-10-6-5-9-20(22)23(28)27-18-11-13-19(14-12-18)30-24-21(15-25-16-26-24)17-7-3-2-4-8-17/h2-16H,1H3,(H,27,28). The first-order valence-electron chi connectivity index (χ1n) is 9.32. The average Bonchev–Trinajstić information content (AvgIpc) is 2.81. The summed E-state index contributed by atoms with van der Waals surface area (Å²) < 4.78 is 11.2. The molecule has 0 saturated heterocycles. The van der Waals surface area contributed by atoms with Crippen LogP contribution in [-0.2, 0) is 0 Å². The van der Waals surface area contributed by atoms with Gasteiger partial charge in [0.25, 0.3) is 5.91 Å². The molecule has 148 valence electrons. The molecule has 1 aromatic heterocycles. The maximum Gasteiger partial charge on any atom is 0.259 e. The van der Waals surface area contributed by atoms with Crippen molar-refractivity contribution in [2.75, 3.05) is 12.4 Å². The molecule has 1 N–H and O–H groups in total. The molecule has 4 rings (SSSR count). The maximum atomic E-state index is 12.5. The van der Waals surface area contributed by atoms with Gasteiger partial charge in [0.1, 0.15) is 17.8 Å². The number of anilines is 1. The summed E-state index contributed by atoms with van der Waals surface area (Å²) in [6.45, 7) is 0. The molecule has 1 heterocycles. The van der Waals surface area contributed by atoms with E-state index in [1.807, 2.05) is 36.4 Å². The van der Waals surface area contributed by atoms with Gasteiger partial charge in [-0.3, -0.25) is 4.79 Å². The van der Waals surface area contributed by atoms with Crippen LogP contribution >= 0.6 is 0 Å². The van der Waals surface area contributed by atoms with Crippen LogP contribution in [0.3, 0.4) is 0 Å². The highest BCUT2D eigenvalue weighted by Gasteiger charge is 2.12. The summed E-state index contributed by atoms with van der Waals surface area (Å²) in [5.41, 5.74) is 2.87. The first-order valence-corrected chi connectivity index (χ1v) is 9.32. The Kier molecular flexibility index (Phi) is 5.66. The monoisotopic (exact) mass is 397 g/mol. The van der Waals surface area contributed by atoms with E-state index in [0.717, 1.165) is 11.1 Å². The van der Waals surface area contributed by atoms with E-state index in [1.165, 1.54) is 13.4 Å². The van der Waals surface area contributed by atoms with Crippen LogP contribution < -0.4 is 14.8 Å². The topological polar surface area (TPSA) is 73.3 Å². The Morgan fingerprint density at radius 1 is 0.900 bits per heavy atom. The highest BCUT2D eigenvalue weighted by molar-refractivity contribution is 6.06. The number of benzene rings is 3. The van der Waals surface area contributed by atoms with Crippen molar-refractivity contribution >= 4 is 11.6 Å². The molecule has 6 nitrogen and oxygen atoms in total. The molecule has 4 aromatic rings. The SMILES string of the molecule is COc1ccccc1C(=O)Nc1ccc(Oc2ncncc2-c2ccccc2)cc1. The van der Waals surface area contributed by atoms with Gasteiger partial charge in [-0.25, -0.2) is 9.97 Å². The summed E-state index contributed by atoms with van der Waals surface area (Å²) in [7, 11) is 1.54. The van der Waals surface area contributed by atoms with E-state index in [1.54, 1.807) is 48.7 Å². The third-order valence-electron chi connectivity index (χ3n) is 4.44. The molecule has 0 spiro atoms. The van der Waals surface area contributed by atoms with Gasteiger partial charge in [-0.05, 0) is 42.0 Å². The van der Waals surface area contributed by atoms with E-state index in [2.05, 4.69) is 15.3 Å². The number of hydrogen-bond donors (Lipinski definition) is 1. The number of nitrogens with one attached hydrogen (secondary N) is 1. The zero-order valence-electron chi connectivity index (χ0n) is 16.3. The number of para-hydroxylation sites is 1. The Labute approximate surface area is 174 Å². The van der Waals surface area contributed by atoms with Gasteiger partial charge >= 0.3 is 0 Å². The molecule has 6 heteroatoms. The number of carbonyl (C=O) groups is 1. The average molecular weight is 397 g/mol. The molecule has 0 fully saturated rings. The fourth-order valence-electron chi connectivity index (χ4n) is 2.96. The first kappa shape index (κ1) is 19.1. The molecule has 0 bridgehead atoms. The van der Waals surface area contributed by atoms with Crippen LogP contribution in [0.5, 0.6) is 17.4 Å². The lowest BCUT2D eigenvalue weighted by molar-refractivity contribution is 0.102. The van der Waals surface area contributed by atoms with Crippen LogP contribution in [0.25, 0.3) is 11.1 Å². The molecule has 0 radical (unpaired) electrons. The van der Waals surface area contributed by atoms with E-state index < -0.39 is 0 Å². The Balaban J connectivity index is 1.50. The van der Waals surface area contributed by atoms with Crippen molar-refractivity contribution < 1.29 is 14.3 Å². The second-order valence-corrected chi connectivity index (χ2v) is 6.39. The molecule has 30 heavy (non-hydrogen) atoms. The van der Waals surface area contributed by atoms with Gasteiger partial charge in [-0.2, -0.15) is 0 Å². The van der Waals surface area contributed by atoms with Crippen molar-refractivity contribution in [3.63, 3.8) is 0 Å². The van der Waals surface area contributed by atoms with Gasteiger partial charge in [-0.1, -0.05) is 42.5 Å². The van der Waals surface area contributed by atoms with Crippen LogP contribution in [-0.4, -0.2) is 23.0 Å². The smallest absolute Gasteiger partial charge is 0.259 e. The predicted molar refractivity (Wildman–Crippen MR) is 115 cm³/mol. The molecule has 0 aliphatic carbocycles. The van der Waals surface area contributed by atoms with Crippen LogP contribution in [0, 0.1) is 0 Å². The van der Waals surface area contributed by atoms with Gasteiger partial charge in [0.2, 0.25) is 5.88 Å². The van der Waals surface area contributed by atoms with E-state index >= 15 is 0 Å². The molecule has 1 amide bonds. The number of ether oxygens (including phenoxy) is 2. The molecule has 3 aromatic carbocycles. The minimum absolute atomic E-state index is 0.247. The van der Waals surface area contributed by atoms with Crippen molar-refractivity contribution in [3.8, 4) is 28.5 Å². The number of rotatable bonds is 6. The van der Waals surface area contributed by atoms with Crippen molar-refractivity contribution in [3.05, 3.63) is 97.0 Å². The number of nitrogens with zero attached hydrogens (tertiary/aromatic N) is 2. The maximum absolute atomic E-state index is 12.5. The van der Waals surface area contributed by atoms with Crippen molar-refractivity contribution in [2.24, 2.45) is 0 Å². The minimum atomic E-state index is -0.247. The normalized spacial score (nSPS) is 10.3. The zero-order chi connectivity index (χ0) is 20.8. The molecule has 0 aliphatic heterocycles. The van der Waals surface area contributed by atoms with E-state index in [4.69, 9.17) is 9.47 Å². The molecule has 0 unspecified atom stereocenters. The molecule has 0 aliphatic rings. The third-order valence-corrected chi connectivity index (χ3v) is 4.44. The van der Waals surface area contributed by atoms with Gasteiger partial charge in [0, 0.05) is 11.9 Å². The first-order chi connectivity index (χ1) is 14.7. The summed E-state index contributed by atoms with van der Waals surface area (Å²) in [4.78, 5) is 20.9. The zero-order valence-corrected chi connectivity index (χ0v) is 16.3.